The molecule has 0 aromatic rings. The third-order valence-electron chi connectivity index (χ3n) is 4.97. The van der Waals surface area contributed by atoms with Crippen LogP contribution in [0.25, 0.3) is 0 Å². The van der Waals surface area contributed by atoms with Crippen LogP contribution < -0.4 is 5.23 Å². The van der Waals surface area contributed by atoms with Gasteiger partial charge < -0.3 is 38.6 Å². The van der Waals surface area contributed by atoms with E-state index in [2.05, 4.69) is 10.1 Å². The van der Waals surface area contributed by atoms with Gasteiger partial charge in [-0.1, -0.05) is 0 Å². The summed E-state index contributed by atoms with van der Waals surface area (Å²) >= 11 is 0. The number of hydrogen-bond donors (Lipinski definition) is 3. The Kier molecular flexibility index (Phi) is 10.9. The second kappa shape index (κ2) is 12.9. The van der Waals surface area contributed by atoms with Crippen LogP contribution in [0.4, 0.5) is 0 Å². The standard InChI is InChI=1S/C17H36B4N4O6/c1-17(2,3)31-16(26)15(25(20-12-29-20)21-13-30-21)6-5-9-24(10-7-18-28-14-22)11-8-23-19(4)27/h14-15,18,22-23,27H,5-13H2,1-4H3/t15-/m0/s1. The fourth-order valence-corrected chi connectivity index (χ4v) is 3.48. The monoisotopic (exact) mass is 436 g/mol. The van der Waals surface area contributed by atoms with Crippen molar-refractivity contribution in [3.8, 4) is 0 Å². The van der Waals surface area contributed by atoms with Gasteiger partial charge in [-0.25, -0.2) is 0 Å². The van der Waals surface area contributed by atoms with Crippen LogP contribution in [-0.2, 0) is 23.5 Å². The molecule has 0 bridgehead atoms. The van der Waals surface area contributed by atoms with Gasteiger partial charge in [0.1, 0.15) is 12.0 Å². The lowest BCUT2D eigenvalue weighted by Gasteiger charge is -2.30. The average Bonchev–Trinajstić information content (AvgIpc) is 3.56. The van der Waals surface area contributed by atoms with Crippen molar-refractivity contribution >= 4 is 41.0 Å². The van der Waals surface area contributed by atoms with Gasteiger partial charge in [0.2, 0.25) is 0 Å². The van der Waals surface area contributed by atoms with Crippen molar-refractivity contribution in [2.75, 3.05) is 39.2 Å². The lowest BCUT2D eigenvalue weighted by molar-refractivity contribution is -0.159. The number of carbonyl (C=O) groups excluding carboxylic acids is 1. The fourth-order valence-electron chi connectivity index (χ4n) is 3.48. The van der Waals surface area contributed by atoms with Crippen LogP contribution in [0.3, 0.4) is 0 Å². The van der Waals surface area contributed by atoms with E-state index in [0.29, 0.717) is 33.5 Å². The van der Waals surface area contributed by atoms with Crippen LogP contribution in [0.5, 0.6) is 0 Å². The Hall–Kier alpha value is -1.04. The summed E-state index contributed by atoms with van der Waals surface area (Å²) in [5, 5.41) is 19.4. The molecule has 0 unspecified atom stereocenters. The Labute approximate surface area is 187 Å². The third-order valence-corrected chi connectivity index (χ3v) is 4.97. The Morgan fingerprint density at radius 3 is 2.48 bits per heavy atom. The van der Waals surface area contributed by atoms with Crippen molar-refractivity contribution in [1.29, 1.82) is 5.41 Å². The molecule has 1 atom stereocenters. The van der Waals surface area contributed by atoms with E-state index >= 15 is 0 Å². The van der Waals surface area contributed by atoms with Crippen molar-refractivity contribution in [1.82, 2.24) is 14.8 Å². The highest BCUT2D eigenvalue weighted by Crippen LogP contribution is 2.26. The Morgan fingerprint density at radius 2 is 1.97 bits per heavy atom. The predicted octanol–water partition coefficient (Wildman–Crippen LogP) is -0.711. The zero-order valence-electron chi connectivity index (χ0n) is 19.3. The minimum Gasteiger partial charge on any atom is -0.557 e. The topological polar surface area (TPSA) is 123 Å². The summed E-state index contributed by atoms with van der Waals surface area (Å²) in [6.07, 6.45) is 3.21. The van der Waals surface area contributed by atoms with Crippen LogP contribution in [0.15, 0.2) is 0 Å². The molecule has 2 saturated heterocycles. The van der Waals surface area contributed by atoms with Gasteiger partial charge in [0, 0.05) is 6.54 Å². The average molecular weight is 436 g/mol. The summed E-state index contributed by atoms with van der Waals surface area (Å²) < 4.78 is 23.7. The number of carbonyl (C=O) groups is 1. The quantitative estimate of drug-likeness (QED) is 0.0678. The molecule has 0 radical (unpaired) electrons. The van der Waals surface area contributed by atoms with E-state index in [1.165, 1.54) is 0 Å². The van der Waals surface area contributed by atoms with E-state index in [0.717, 1.165) is 38.8 Å². The second-order valence-electron chi connectivity index (χ2n) is 9.03. The number of ether oxygens (including phenoxy) is 1. The number of nitrogens with zero attached hydrogens (tertiary/aromatic N) is 2. The lowest BCUT2D eigenvalue weighted by Crippen LogP contribution is -2.51. The van der Waals surface area contributed by atoms with Gasteiger partial charge in [-0.2, -0.15) is 0 Å². The second-order valence-corrected chi connectivity index (χ2v) is 9.03. The molecule has 0 amide bonds. The summed E-state index contributed by atoms with van der Waals surface area (Å²) in [6, 6.07) is -0.405. The lowest BCUT2D eigenvalue weighted by atomic mass is 9.74. The highest BCUT2D eigenvalue weighted by Gasteiger charge is 2.54. The maximum Gasteiger partial charge on any atom is 0.398 e. The van der Waals surface area contributed by atoms with Crippen LogP contribution in [0.2, 0.25) is 13.1 Å². The summed E-state index contributed by atoms with van der Waals surface area (Å²) in [7, 11) is -0.203. The molecule has 2 aliphatic rings. The van der Waals surface area contributed by atoms with Gasteiger partial charge in [0.05, 0.1) is 19.1 Å². The number of esters is 1. The van der Waals surface area contributed by atoms with E-state index in [1.807, 2.05) is 25.5 Å². The molecule has 2 heterocycles. The number of rotatable bonds is 17. The molecule has 2 fully saturated rings. The molecule has 0 spiro atoms. The first-order chi connectivity index (χ1) is 14.7. The molecule has 14 heteroatoms. The summed E-state index contributed by atoms with van der Waals surface area (Å²) in [5.41, 5.74) is -0.552. The van der Waals surface area contributed by atoms with E-state index in [1.54, 1.807) is 6.82 Å². The number of nitrogens with one attached hydrogen (secondary N) is 2. The number of hydrogen-bond acceptors (Lipinski definition) is 10. The third kappa shape index (κ3) is 10.9. The van der Waals surface area contributed by atoms with E-state index < -0.39 is 18.7 Å². The maximum absolute atomic E-state index is 13.0. The molecule has 31 heavy (non-hydrogen) atoms. The molecular weight excluding hydrogens is 399 g/mol. The molecule has 0 aliphatic carbocycles. The van der Waals surface area contributed by atoms with E-state index in [-0.39, 0.29) is 20.1 Å². The Balaban J connectivity index is 1.91. The van der Waals surface area contributed by atoms with Crippen molar-refractivity contribution in [3.05, 3.63) is 0 Å². The van der Waals surface area contributed by atoms with Crippen molar-refractivity contribution < 1.29 is 28.5 Å². The van der Waals surface area contributed by atoms with Crippen LogP contribution >= 0.6 is 0 Å². The van der Waals surface area contributed by atoms with Crippen molar-refractivity contribution in [2.24, 2.45) is 0 Å². The molecule has 172 valence electrons. The zero-order valence-corrected chi connectivity index (χ0v) is 19.3. The van der Waals surface area contributed by atoms with Crippen LogP contribution in [-0.4, -0.2) is 106 Å². The maximum atomic E-state index is 13.0. The molecule has 0 saturated carbocycles. The summed E-state index contributed by atoms with van der Waals surface area (Å²) in [6.45, 7) is 11.6. The molecule has 3 N–H and O–H groups in total. The SMILES string of the molecule is CB(O)NCCN(CCBOC=N)CCC[C@@H](C(=O)OC(C)(C)C)N(B1CO1)B1CO1. The van der Waals surface area contributed by atoms with Crippen LogP contribution in [0.1, 0.15) is 33.6 Å². The first-order valence-electron chi connectivity index (χ1n) is 11.2. The smallest absolute Gasteiger partial charge is 0.398 e. The molecule has 0 aromatic heterocycles. The summed E-state index contributed by atoms with van der Waals surface area (Å²) in [4.78, 5) is 15.2. The van der Waals surface area contributed by atoms with Gasteiger partial charge in [-0.3, -0.25) is 10.2 Å². The minimum atomic E-state index is -0.552. The van der Waals surface area contributed by atoms with E-state index in [9.17, 15) is 9.82 Å². The van der Waals surface area contributed by atoms with E-state index in [4.69, 9.17) is 24.1 Å². The Morgan fingerprint density at radius 1 is 1.32 bits per heavy atom. The van der Waals surface area contributed by atoms with Gasteiger partial charge in [0.15, 0.2) is 0 Å². The molecule has 2 aliphatic heterocycles. The van der Waals surface area contributed by atoms with Gasteiger partial charge in [0.25, 0.3) is 0 Å². The minimum absolute atomic E-state index is 0.0744. The first kappa shape index (κ1) is 26.2. The van der Waals surface area contributed by atoms with Gasteiger partial charge in [-0.15, -0.1) is 0 Å². The first-order valence-corrected chi connectivity index (χ1v) is 11.2. The molecule has 2 rings (SSSR count). The normalized spacial score (nSPS) is 16.4. The molecule has 0 aromatic carbocycles. The predicted molar refractivity (Wildman–Crippen MR) is 124 cm³/mol. The largest absolute Gasteiger partial charge is 0.557 e. The van der Waals surface area contributed by atoms with Crippen molar-refractivity contribution in [3.63, 3.8) is 0 Å². The van der Waals surface area contributed by atoms with Gasteiger partial charge in [-0.05, 0) is 66.4 Å². The fraction of sp³-hybridized carbons (Fsp3) is 0.882. The zero-order chi connectivity index (χ0) is 22.9. The highest BCUT2D eigenvalue weighted by atomic mass is 16.6. The van der Waals surface area contributed by atoms with Gasteiger partial charge >= 0.3 is 34.6 Å². The Bertz CT molecular complexity index is 551. The molecule has 10 nitrogen and oxygen atoms in total. The highest BCUT2D eigenvalue weighted by molar-refractivity contribution is 6.74. The summed E-state index contributed by atoms with van der Waals surface area (Å²) in [5.74, 6) is -0.236. The molecular formula is C17H36B4N4O6. The van der Waals surface area contributed by atoms with Crippen molar-refractivity contribution in [2.45, 2.75) is 58.4 Å². The van der Waals surface area contributed by atoms with Crippen LogP contribution in [0, 0.1) is 5.41 Å².